The summed E-state index contributed by atoms with van der Waals surface area (Å²) < 4.78 is 0. The molecule has 3 amide bonds. The average Bonchev–Trinajstić information content (AvgIpc) is 3.62. The molecule has 1 saturated heterocycles. The van der Waals surface area contributed by atoms with Crippen LogP contribution in [0, 0.1) is 0 Å². The maximum atomic E-state index is 13.6. The third kappa shape index (κ3) is 7.56. The molecule has 3 heterocycles. The highest BCUT2D eigenvalue weighted by atomic mass is 35.5. The van der Waals surface area contributed by atoms with E-state index in [1.807, 2.05) is 45.0 Å². The van der Waals surface area contributed by atoms with Crippen molar-refractivity contribution in [3.63, 3.8) is 0 Å². The number of imidazole rings is 1. The molecule has 1 aliphatic heterocycles. The topological polar surface area (TPSA) is 121 Å². The lowest BCUT2D eigenvalue weighted by Gasteiger charge is -2.32. The van der Waals surface area contributed by atoms with Crippen molar-refractivity contribution in [2.45, 2.75) is 57.7 Å². The molecular weight excluding hydrogens is 603 g/mol. The van der Waals surface area contributed by atoms with Gasteiger partial charge in [0, 0.05) is 35.4 Å². The van der Waals surface area contributed by atoms with Gasteiger partial charge in [0.15, 0.2) is 0 Å². The molecule has 10 nitrogen and oxygen atoms in total. The number of H-pyrrole nitrogens is 1. The van der Waals surface area contributed by atoms with Crippen LogP contribution in [0.5, 0.6) is 0 Å². The van der Waals surface area contributed by atoms with Crippen LogP contribution in [-0.2, 0) is 16.1 Å². The van der Waals surface area contributed by atoms with Gasteiger partial charge >= 0.3 is 0 Å². The number of hydrogen-bond donors (Lipinski definition) is 2. The van der Waals surface area contributed by atoms with E-state index < -0.39 is 11.6 Å². The van der Waals surface area contributed by atoms with Crippen LogP contribution in [-0.4, -0.2) is 67.9 Å². The zero-order chi connectivity index (χ0) is 31.4. The first-order valence-corrected chi connectivity index (χ1v) is 15.1. The number of carbonyl (C=O) groups is 3. The van der Waals surface area contributed by atoms with E-state index in [1.165, 1.54) is 11.1 Å². The van der Waals surface area contributed by atoms with E-state index in [2.05, 4.69) is 20.3 Å². The number of pyridine rings is 1. The van der Waals surface area contributed by atoms with Gasteiger partial charge in [-0.1, -0.05) is 29.3 Å². The predicted octanol–water partition coefficient (Wildman–Crippen LogP) is 5.77. The molecule has 0 radical (unpaired) electrons. The number of aromatic nitrogens is 3. The van der Waals surface area contributed by atoms with Gasteiger partial charge in [-0.2, -0.15) is 0 Å². The van der Waals surface area contributed by atoms with Crippen molar-refractivity contribution in [1.29, 1.82) is 0 Å². The predicted molar refractivity (Wildman–Crippen MR) is 168 cm³/mol. The van der Waals surface area contributed by atoms with E-state index >= 15 is 0 Å². The fourth-order valence-electron chi connectivity index (χ4n) is 5.29. The molecule has 2 unspecified atom stereocenters. The van der Waals surface area contributed by atoms with Crippen LogP contribution < -0.4 is 5.32 Å². The summed E-state index contributed by atoms with van der Waals surface area (Å²) in [7, 11) is 0. The fraction of sp³-hybridized carbons (Fsp3) is 0.344. The number of fused-ring (bicyclic) bond motifs is 1. The van der Waals surface area contributed by atoms with Crippen molar-refractivity contribution in [3.8, 4) is 0 Å². The summed E-state index contributed by atoms with van der Waals surface area (Å²) in [4.78, 5) is 58.5. The fourth-order valence-corrected chi connectivity index (χ4v) is 5.72. The molecule has 2 atom stereocenters. The monoisotopic (exact) mass is 636 g/mol. The minimum atomic E-state index is -0.553. The highest BCUT2D eigenvalue weighted by molar-refractivity contribution is 6.34. The SMILES string of the molecule is CC(C)(C)ON(C=O)CC1CCCN1C(=O)c1ccc(C(=O)NC(Cc2ccccn2)c2nc3ccc(Cl)cc3[nH]2)cc1Cl. The van der Waals surface area contributed by atoms with Gasteiger partial charge in [0.1, 0.15) is 5.82 Å². The summed E-state index contributed by atoms with van der Waals surface area (Å²) >= 11 is 12.8. The highest BCUT2D eigenvalue weighted by Crippen LogP contribution is 2.27. The number of likely N-dealkylation sites (tertiary alicyclic amines) is 1. The highest BCUT2D eigenvalue weighted by Gasteiger charge is 2.33. The zero-order valence-electron chi connectivity index (χ0n) is 24.7. The van der Waals surface area contributed by atoms with E-state index in [9.17, 15) is 14.4 Å². The molecule has 44 heavy (non-hydrogen) atoms. The van der Waals surface area contributed by atoms with Crippen molar-refractivity contribution >= 4 is 52.5 Å². The first kappa shape index (κ1) is 31.4. The minimum Gasteiger partial charge on any atom is -0.342 e. The maximum absolute atomic E-state index is 13.6. The second-order valence-corrected chi connectivity index (χ2v) is 12.6. The van der Waals surface area contributed by atoms with Crippen LogP contribution in [0.4, 0.5) is 0 Å². The van der Waals surface area contributed by atoms with Crippen LogP contribution in [0.15, 0.2) is 60.8 Å². The van der Waals surface area contributed by atoms with Gasteiger partial charge in [-0.15, -0.1) is 0 Å². The number of aromatic amines is 1. The Balaban J connectivity index is 1.33. The minimum absolute atomic E-state index is 0.158. The molecule has 1 aliphatic rings. The molecule has 0 saturated carbocycles. The second-order valence-electron chi connectivity index (χ2n) is 11.7. The molecule has 1 fully saturated rings. The normalized spacial score (nSPS) is 15.8. The summed E-state index contributed by atoms with van der Waals surface area (Å²) in [6.45, 7) is 6.34. The lowest BCUT2D eigenvalue weighted by molar-refractivity contribution is -0.219. The van der Waals surface area contributed by atoms with E-state index in [4.69, 9.17) is 28.0 Å². The van der Waals surface area contributed by atoms with E-state index in [-0.39, 0.29) is 35.0 Å². The van der Waals surface area contributed by atoms with Crippen molar-refractivity contribution in [1.82, 2.24) is 30.2 Å². The summed E-state index contributed by atoms with van der Waals surface area (Å²) in [6.07, 6.45) is 4.24. The van der Waals surface area contributed by atoms with Gasteiger partial charge in [-0.3, -0.25) is 24.2 Å². The van der Waals surface area contributed by atoms with Crippen molar-refractivity contribution in [2.24, 2.45) is 0 Å². The third-order valence-electron chi connectivity index (χ3n) is 7.24. The molecule has 12 heteroatoms. The standard InChI is InChI=1S/C32H34Cl2N6O4/c1-32(2,3)44-39(19-41)18-23-8-6-14-40(23)31(43)24-11-9-20(15-25(24)34)30(42)38-28(17-22-7-4-5-13-35-22)29-36-26-12-10-21(33)16-27(26)37-29/h4-5,7,9-13,15-16,19,23,28H,6,8,14,17-18H2,1-3H3,(H,36,37)(H,38,42). The Morgan fingerprint density at radius 2 is 2.00 bits per heavy atom. The molecule has 2 N–H and O–H groups in total. The summed E-state index contributed by atoms with van der Waals surface area (Å²) in [5, 5.41) is 5.02. The summed E-state index contributed by atoms with van der Waals surface area (Å²) in [5.41, 5.74) is 2.26. The molecule has 5 rings (SSSR count). The molecule has 4 aromatic rings. The molecule has 0 aliphatic carbocycles. The Morgan fingerprint density at radius 1 is 1.18 bits per heavy atom. The van der Waals surface area contributed by atoms with Crippen LogP contribution in [0.25, 0.3) is 11.0 Å². The first-order valence-electron chi connectivity index (χ1n) is 14.4. The number of hydroxylamine groups is 2. The van der Waals surface area contributed by atoms with Crippen molar-refractivity contribution in [3.05, 3.63) is 93.5 Å². The van der Waals surface area contributed by atoms with Gasteiger partial charge in [-0.05, 0) is 82.1 Å². The van der Waals surface area contributed by atoms with Gasteiger partial charge < -0.3 is 15.2 Å². The summed E-state index contributed by atoms with van der Waals surface area (Å²) in [6, 6.07) is 14.8. The van der Waals surface area contributed by atoms with Gasteiger partial charge in [0.2, 0.25) is 6.41 Å². The molecular formula is C32H34Cl2N6O4. The Bertz CT molecular complexity index is 1660. The number of nitrogens with zero attached hydrogens (tertiary/aromatic N) is 4. The van der Waals surface area contributed by atoms with Gasteiger partial charge in [0.05, 0.1) is 45.8 Å². The number of amides is 3. The number of rotatable bonds is 10. The molecule has 2 aromatic carbocycles. The largest absolute Gasteiger partial charge is 0.342 e. The van der Waals surface area contributed by atoms with Gasteiger partial charge in [-0.25, -0.2) is 10.0 Å². The van der Waals surface area contributed by atoms with Crippen molar-refractivity contribution < 1.29 is 19.2 Å². The quantitative estimate of drug-likeness (QED) is 0.168. The van der Waals surface area contributed by atoms with Crippen LogP contribution in [0.2, 0.25) is 10.0 Å². The molecule has 0 bridgehead atoms. The number of benzene rings is 2. The third-order valence-corrected chi connectivity index (χ3v) is 7.78. The Morgan fingerprint density at radius 3 is 2.70 bits per heavy atom. The average molecular weight is 638 g/mol. The van der Waals surface area contributed by atoms with Crippen LogP contribution in [0.1, 0.15) is 71.9 Å². The van der Waals surface area contributed by atoms with E-state index in [1.54, 1.807) is 35.4 Å². The Labute approximate surface area is 265 Å². The number of carbonyl (C=O) groups excluding carboxylic acids is 3. The second kappa shape index (κ2) is 13.3. The lowest BCUT2D eigenvalue weighted by atomic mass is 10.1. The number of nitrogens with one attached hydrogen (secondary N) is 2. The van der Waals surface area contributed by atoms with Crippen LogP contribution >= 0.6 is 23.2 Å². The van der Waals surface area contributed by atoms with Crippen molar-refractivity contribution in [2.75, 3.05) is 13.1 Å². The smallest absolute Gasteiger partial charge is 0.255 e. The van der Waals surface area contributed by atoms with E-state index in [0.717, 1.165) is 29.6 Å². The first-order chi connectivity index (χ1) is 21.0. The Hall–Kier alpha value is -3.99. The number of hydrogen-bond acceptors (Lipinski definition) is 6. The molecule has 230 valence electrons. The Kier molecular flexibility index (Phi) is 9.53. The van der Waals surface area contributed by atoms with E-state index in [0.29, 0.717) is 35.8 Å². The molecule has 0 spiro atoms. The molecule has 2 aromatic heterocycles. The maximum Gasteiger partial charge on any atom is 0.255 e. The van der Waals surface area contributed by atoms with Gasteiger partial charge in [0.25, 0.3) is 11.8 Å². The summed E-state index contributed by atoms with van der Waals surface area (Å²) in [5.74, 6) is -0.0931. The number of halogens is 2. The zero-order valence-corrected chi connectivity index (χ0v) is 26.2. The van der Waals surface area contributed by atoms with Crippen LogP contribution in [0.3, 0.4) is 0 Å². The lowest BCUT2D eigenvalue weighted by Crippen LogP contribution is -2.45.